The molecule has 3 nitrogen and oxygen atoms in total. The van der Waals surface area contributed by atoms with E-state index in [1.807, 2.05) is 6.92 Å². The highest BCUT2D eigenvalue weighted by atomic mass is 32.1. The van der Waals surface area contributed by atoms with Crippen LogP contribution in [0, 0.1) is 0 Å². The molecule has 1 aliphatic carbocycles. The highest BCUT2D eigenvalue weighted by molar-refractivity contribution is 7.80. The summed E-state index contributed by atoms with van der Waals surface area (Å²) in [7, 11) is 0. The second kappa shape index (κ2) is 4.40. The molecule has 0 aromatic rings. The van der Waals surface area contributed by atoms with Crippen molar-refractivity contribution >= 4 is 23.0 Å². The van der Waals surface area contributed by atoms with Crippen molar-refractivity contribution in [3.63, 3.8) is 0 Å². The van der Waals surface area contributed by atoms with E-state index in [1.165, 1.54) is 12.8 Å². The topological polar surface area (TPSA) is 36.4 Å². The highest BCUT2D eigenvalue weighted by Crippen LogP contribution is 2.18. The maximum absolute atomic E-state index is 5.01. The number of hydrogen-bond acceptors (Lipinski definition) is 2. The molecule has 4 heteroatoms. The van der Waals surface area contributed by atoms with Crippen LogP contribution in [-0.4, -0.2) is 16.9 Å². The van der Waals surface area contributed by atoms with Gasteiger partial charge >= 0.3 is 0 Å². The molecule has 0 saturated heterocycles. The Morgan fingerprint density at radius 3 is 2.75 bits per heavy atom. The molecule has 0 radical (unpaired) electrons. The van der Waals surface area contributed by atoms with Gasteiger partial charge in [0.05, 0.1) is 0 Å². The minimum absolute atomic E-state index is 0.599. The largest absolute Gasteiger partial charge is 0.359 e. The number of nitrogens with zero attached hydrogens (tertiary/aromatic N) is 1. The van der Waals surface area contributed by atoms with Gasteiger partial charge in [-0.3, -0.25) is 5.43 Å². The second-order valence-electron chi connectivity index (χ2n) is 3.06. The van der Waals surface area contributed by atoms with E-state index in [-0.39, 0.29) is 0 Å². The summed E-state index contributed by atoms with van der Waals surface area (Å²) in [6, 6.07) is 0.599. The fourth-order valence-electron chi connectivity index (χ4n) is 0.671. The zero-order chi connectivity index (χ0) is 8.97. The van der Waals surface area contributed by atoms with Crippen molar-refractivity contribution in [2.45, 2.75) is 39.2 Å². The molecule has 0 aromatic carbocycles. The lowest BCUT2D eigenvalue weighted by atomic mass is 10.3. The summed E-state index contributed by atoms with van der Waals surface area (Å²) in [6.45, 7) is 4.05. The summed E-state index contributed by atoms with van der Waals surface area (Å²) in [6.07, 6.45) is 3.43. The fourth-order valence-corrected chi connectivity index (χ4v) is 0.883. The van der Waals surface area contributed by atoms with Gasteiger partial charge in [-0.25, -0.2) is 0 Å². The lowest BCUT2D eigenvalue weighted by Crippen LogP contribution is -2.33. The Kier molecular flexibility index (Phi) is 3.47. The van der Waals surface area contributed by atoms with Gasteiger partial charge in [-0.15, -0.1) is 0 Å². The van der Waals surface area contributed by atoms with Crippen molar-refractivity contribution in [1.82, 2.24) is 10.7 Å². The summed E-state index contributed by atoms with van der Waals surface area (Å²) in [4.78, 5) is 0. The van der Waals surface area contributed by atoms with Crippen LogP contribution in [0.25, 0.3) is 0 Å². The van der Waals surface area contributed by atoms with Crippen LogP contribution in [0.1, 0.15) is 33.1 Å². The van der Waals surface area contributed by atoms with Crippen molar-refractivity contribution in [3.8, 4) is 0 Å². The fraction of sp³-hybridized carbons (Fsp3) is 0.750. The molecular formula is C8H15N3S. The van der Waals surface area contributed by atoms with Crippen LogP contribution in [0.3, 0.4) is 0 Å². The van der Waals surface area contributed by atoms with Crippen molar-refractivity contribution in [1.29, 1.82) is 0 Å². The molecule has 1 saturated carbocycles. The van der Waals surface area contributed by atoms with Gasteiger partial charge in [0, 0.05) is 11.8 Å². The lowest BCUT2D eigenvalue weighted by molar-refractivity contribution is 0.858. The number of hydrogen-bond donors (Lipinski definition) is 2. The van der Waals surface area contributed by atoms with E-state index in [1.54, 1.807) is 0 Å². The van der Waals surface area contributed by atoms with Crippen LogP contribution >= 0.6 is 12.2 Å². The van der Waals surface area contributed by atoms with Crippen LogP contribution in [0.15, 0.2) is 5.10 Å². The predicted octanol–water partition coefficient (Wildman–Crippen LogP) is 1.40. The Labute approximate surface area is 78.6 Å². The van der Waals surface area contributed by atoms with Crippen molar-refractivity contribution in [2.24, 2.45) is 5.10 Å². The monoisotopic (exact) mass is 185 g/mol. The van der Waals surface area contributed by atoms with Gasteiger partial charge in [-0.1, -0.05) is 6.92 Å². The van der Waals surface area contributed by atoms with E-state index in [0.29, 0.717) is 11.2 Å². The van der Waals surface area contributed by atoms with Crippen molar-refractivity contribution < 1.29 is 0 Å². The average molecular weight is 185 g/mol. The van der Waals surface area contributed by atoms with Crippen LogP contribution < -0.4 is 10.7 Å². The standard InChI is InChI=1S/C8H15N3S/c1-3-6(2)10-11-8(12)9-7-4-5-7/h7H,3-5H2,1-2H3,(H2,9,11,12)/b10-6+. The normalized spacial score (nSPS) is 17.3. The molecule has 0 aromatic heterocycles. The zero-order valence-corrected chi connectivity index (χ0v) is 8.37. The van der Waals surface area contributed by atoms with Gasteiger partial charge in [-0.2, -0.15) is 5.10 Å². The number of rotatable bonds is 3. The van der Waals surface area contributed by atoms with E-state index >= 15 is 0 Å². The van der Waals surface area contributed by atoms with Crippen molar-refractivity contribution in [2.75, 3.05) is 0 Å². The maximum Gasteiger partial charge on any atom is 0.187 e. The molecule has 12 heavy (non-hydrogen) atoms. The van der Waals surface area contributed by atoms with Gasteiger partial charge < -0.3 is 5.32 Å². The average Bonchev–Trinajstić information content (AvgIpc) is 2.84. The van der Waals surface area contributed by atoms with Gasteiger partial charge in [0.1, 0.15) is 0 Å². The molecule has 2 N–H and O–H groups in total. The molecular weight excluding hydrogens is 170 g/mol. The Balaban J connectivity index is 2.16. The Morgan fingerprint density at radius 2 is 2.25 bits per heavy atom. The van der Waals surface area contributed by atoms with E-state index in [2.05, 4.69) is 22.8 Å². The van der Waals surface area contributed by atoms with Gasteiger partial charge in [0.15, 0.2) is 5.11 Å². The SMILES string of the molecule is CC/C(C)=N/NC(=S)NC1CC1. The van der Waals surface area contributed by atoms with Crippen LogP contribution in [-0.2, 0) is 0 Å². The maximum atomic E-state index is 5.01. The summed E-state index contributed by atoms with van der Waals surface area (Å²) >= 11 is 5.01. The van der Waals surface area contributed by atoms with E-state index in [9.17, 15) is 0 Å². The molecule has 1 aliphatic rings. The van der Waals surface area contributed by atoms with Crippen molar-refractivity contribution in [3.05, 3.63) is 0 Å². The van der Waals surface area contributed by atoms with Gasteiger partial charge in [0.25, 0.3) is 0 Å². The van der Waals surface area contributed by atoms with Crippen LogP contribution in [0.5, 0.6) is 0 Å². The van der Waals surface area contributed by atoms with E-state index < -0.39 is 0 Å². The highest BCUT2D eigenvalue weighted by Gasteiger charge is 2.21. The first-order chi connectivity index (χ1) is 5.72. The molecule has 1 rings (SSSR count). The minimum atomic E-state index is 0.599. The van der Waals surface area contributed by atoms with Crippen LogP contribution in [0.4, 0.5) is 0 Å². The third-order valence-corrected chi connectivity index (χ3v) is 1.98. The lowest BCUT2D eigenvalue weighted by Gasteiger charge is -2.05. The first-order valence-corrected chi connectivity index (χ1v) is 4.73. The van der Waals surface area contributed by atoms with E-state index in [4.69, 9.17) is 12.2 Å². The first kappa shape index (κ1) is 9.45. The summed E-state index contributed by atoms with van der Waals surface area (Å²) in [5, 5.41) is 7.88. The molecule has 0 heterocycles. The first-order valence-electron chi connectivity index (χ1n) is 4.32. The molecule has 0 atom stereocenters. The van der Waals surface area contributed by atoms with Crippen LogP contribution in [0.2, 0.25) is 0 Å². The smallest absolute Gasteiger partial charge is 0.187 e. The van der Waals surface area contributed by atoms with Gasteiger partial charge in [-0.05, 0) is 38.4 Å². The molecule has 0 amide bonds. The van der Waals surface area contributed by atoms with E-state index in [0.717, 1.165) is 12.1 Å². The predicted molar refractivity (Wildman–Crippen MR) is 55.3 cm³/mol. The Hall–Kier alpha value is -0.640. The second-order valence-corrected chi connectivity index (χ2v) is 3.47. The summed E-state index contributed by atoms with van der Waals surface area (Å²) in [5.74, 6) is 0. The quantitative estimate of drug-likeness (QED) is 0.396. The number of thiocarbonyl (C=S) groups is 1. The summed E-state index contributed by atoms with van der Waals surface area (Å²) in [5.41, 5.74) is 3.88. The minimum Gasteiger partial charge on any atom is -0.359 e. The molecule has 68 valence electrons. The summed E-state index contributed by atoms with van der Waals surface area (Å²) < 4.78 is 0. The number of nitrogens with one attached hydrogen (secondary N) is 2. The molecule has 0 spiro atoms. The third-order valence-electron chi connectivity index (χ3n) is 1.77. The molecule has 0 unspecified atom stereocenters. The molecule has 0 bridgehead atoms. The zero-order valence-electron chi connectivity index (χ0n) is 7.55. The Bertz CT molecular complexity index is 196. The molecule has 0 aliphatic heterocycles. The third kappa shape index (κ3) is 3.67. The number of hydrazone groups is 1. The molecule has 1 fully saturated rings. The van der Waals surface area contributed by atoms with Gasteiger partial charge in [0.2, 0.25) is 0 Å². The Morgan fingerprint density at radius 1 is 1.58 bits per heavy atom.